The van der Waals surface area contributed by atoms with Gasteiger partial charge in [-0.2, -0.15) is 0 Å². The van der Waals surface area contributed by atoms with E-state index in [1.165, 1.54) is 21.9 Å². The third kappa shape index (κ3) is 6.77. The van der Waals surface area contributed by atoms with Crippen molar-refractivity contribution < 1.29 is 0 Å². The maximum Gasteiger partial charge on any atom is 0.164 e. The first-order valence-corrected chi connectivity index (χ1v) is 21.8. The standard InChI is InChI=1S/C61H39N3/c1-3-17-40(18-4-1)42-23-15-25-44(33-42)48-35-49(45-26-16-24-43(34-45)41-19-5-2-6-20-41)37-50(36-48)59-62-60(57-38-46-21-7-9-27-51(46)53-29-11-13-31-55(53)57)64-61(63-59)58-39-47-22-8-10-28-52(47)54-30-12-14-32-56(54)58/h1-39H. The molecule has 3 heteroatoms. The highest BCUT2D eigenvalue weighted by Gasteiger charge is 2.20. The summed E-state index contributed by atoms with van der Waals surface area (Å²) in [7, 11) is 0. The Labute approximate surface area is 371 Å². The molecule has 12 rings (SSSR count). The molecule has 0 bridgehead atoms. The van der Waals surface area contributed by atoms with E-state index in [0.29, 0.717) is 17.5 Å². The second-order valence-electron chi connectivity index (χ2n) is 16.4. The third-order valence-electron chi connectivity index (χ3n) is 12.5. The van der Waals surface area contributed by atoms with Gasteiger partial charge in [-0.15, -0.1) is 0 Å². The minimum Gasteiger partial charge on any atom is -0.208 e. The van der Waals surface area contributed by atoms with Gasteiger partial charge < -0.3 is 0 Å². The summed E-state index contributed by atoms with van der Waals surface area (Å²) in [4.78, 5) is 16.4. The summed E-state index contributed by atoms with van der Waals surface area (Å²) < 4.78 is 0. The Kier molecular flexibility index (Phi) is 9.16. The molecular weight excluding hydrogens is 775 g/mol. The van der Waals surface area contributed by atoms with Gasteiger partial charge in [-0.3, -0.25) is 0 Å². The van der Waals surface area contributed by atoms with Crippen molar-refractivity contribution in [2.24, 2.45) is 0 Å². The molecule has 1 aromatic heterocycles. The molecule has 0 unspecified atom stereocenters. The first kappa shape index (κ1) is 37.2. The van der Waals surface area contributed by atoms with Gasteiger partial charge in [-0.1, -0.05) is 194 Å². The molecule has 0 radical (unpaired) electrons. The van der Waals surface area contributed by atoms with Crippen LogP contribution in [0.15, 0.2) is 237 Å². The lowest BCUT2D eigenvalue weighted by Gasteiger charge is -2.16. The predicted molar refractivity (Wildman–Crippen MR) is 268 cm³/mol. The van der Waals surface area contributed by atoms with Crippen molar-refractivity contribution in [1.82, 2.24) is 15.0 Å². The Morgan fingerprint density at radius 1 is 0.188 bits per heavy atom. The van der Waals surface area contributed by atoms with E-state index in [9.17, 15) is 0 Å². The monoisotopic (exact) mass is 813 g/mol. The quantitative estimate of drug-likeness (QED) is 0.150. The van der Waals surface area contributed by atoms with E-state index in [4.69, 9.17) is 15.0 Å². The van der Waals surface area contributed by atoms with Crippen molar-refractivity contribution >= 4 is 43.1 Å². The van der Waals surface area contributed by atoms with E-state index in [-0.39, 0.29) is 0 Å². The third-order valence-corrected chi connectivity index (χ3v) is 12.5. The first-order valence-electron chi connectivity index (χ1n) is 21.8. The lowest BCUT2D eigenvalue weighted by Crippen LogP contribution is -2.02. The number of benzene rings is 11. The summed E-state index contributed by atoms with van der Waals surface area (Å²) in [5, 5.41) is 9.19. The van der Waals surface area contributed by atoms with E-state index < -0.39 is 0 Å². The van der Waals surface area contributed by atoms with Crippen LogP contribution in [0.2, 0.25) is 0 Å². The van der Waals surface area contributed by atoms with Crippen LogP contribution in [0.1, 0.15) is 0 Å². The van der Waals surface area contributed by atoms with Crippen LogP contribution < -0.4 is 0 Å². The molecule has 1 heterocycles. The van der Waals surface area contributed by atoms with Crippen LogP contribution in [0.3, 0.4) is 0 Å². The highest BCUT2D eigenvalue weighted by atomic mass is 15.0. The molecule has 0 spiro atoms. The van der Waals surface area contributed by atoms with Crippen molar-refractivity contribution in [2.75, 3.05) is 0 Å². The number of nitrogens with zero attached hydrogens (tertiary/aromatic N) is 3. The average Bonchev–Trinajstić information content (AvgIpc) is 3.38. The summed E-state index contributed by atoms with van der Waals surface area (Å²) >= 11 is 0. The summed E-state index contributed by atoms with van der Waals surface area (Å²) in [5.74, 6) is 1.86. The Morgan fingerprint density at radius 2 is 0.500 bits per heavy atom. The zero-order valence-electron chi connectivity index (χ0n) is 34.9. The van der Waals surface area contributed by atoms with Gasteiger partial charge in [0.15, 0.2) is 17.5 Å². The van der Waals surface area contributed by atoms with Crippen LogP contribution >= 0.6 is 0 Å². The van der Waals surface area contributed by atoms with Crippen molar-refractivity contribution in [1.29, 1.82) is 0 Å². The highest BCUT2D eigenvalue weighted by molar-refractivity contribution is 6.15. The lowest BCUT2D eigenvalue weighted by molar-refractivity contribution is 1.08. The SMILES string of the molecule is c1ccc(-c2cccc(-c3cc(-c4cccc(-c5ccccc5)c4)cc(-c4nc(-c5cc6ccccc6c6ccccc56)nc(-c5cc6ccccc6c6ccccc56)n4)c3)c2)cc1. The van der Waals surface area contributed by atoms with Gasteiger partial charge in [0.2, 0.25) is 0 Å². The minimum absolute atomic E-state index is 0.607. The molecule has 0 aliphatic heterocycles. The Morgan fingerprint density at radius 3 is 0.953 bits per heavy atom. The van der Waals surface area contributed by atoms with Gasteiger partial charge >= 0.3 is 0 Å². The number of hydrogen-bond acceptors (Lipinski definition) is 3. The van der Waals surface area contributed by atoms with Crippen LogP contribution in [-0.2, 0) is 0 Å². The van der Waals surface area contributed by atoms with E-state index in [2.05, 4.69) is 237 Å². The van der Waals surface area contributed by atoms with Gasteiger partial charge in [-0.25, -0.2) is 15.0 Å². The van der Waals surface area contributed by atoms with Gasteiger partial charge in [0.25, 0.3) is 0 Å². The highest BCUT2D eigenvalue weighted by Crippen LogP contribution is 2.40. The number of aromatic nitrogens is 3. The van der Waals surface area contributed by atoms with E-state index >= 15 is 0 Å². The van der Waals surface area contributed by atoms with E-state index in [1.54, 1.807) is 0 Å². The number of fused-ring (bicyclic) bond motifs is 6. The lowest BCUT2D eigenvalue weighted by atomic mass is 9.92. The molecule has 64 heavy (non-hydrogen) atoms. The molecule has 0 saturated carbocycles. The first-order chi connectivity index (χ1) is 31.7. The van der Waals surface area contributed by atoms with E-state index in [1.807, 2.05) is 0 Å². The normalized spacial score (nSPS) is 11.4. The molecule has 12 aromatic rings. The maximum absolute atomic E-state index is 5.48. The summed E-state index contributed by atoms with van der Waals surface area (Å²) in [6.07, 6.45) is 0. The van der Waals surface area contributed by atoms with Crippen LogP contribution in [-0.4, -0.2) is 15.0 Å². The Bertz CT molecular complexity index is 3490. The predicted octanol–water partition coefficient (Wildman–Crippen LogP) is 16.2. The van der Waals surface area contributed by atoms with Gasteiger partial charge in [-0.05, 0) is 130 Å². The molecular formula is C61H39N3. The zero-order valence-corrected chi connectivity index (χ0v) is 34.9. The second kappa shape index (κ2) is 15.7. The molecule has 0 aliphatic rings. The van der Waals surface area contributed by atoms with Gasteiger partial charge in [0.1, 0.15) is 0 Å². The fourth-order valence-electron chi connectivity index (χ4n) is 9.33. The van der Waals surface area contributed by atoms with E-state index in [0.717, 1.165) is 82.4 Å². The number of hydrogen-bond donors (Lipinski definition) is 0. The molecule has 0 amide bonds. The van der Waals surface area contributed by atoms with Crippen molar-refractivity contribution in [3.63, 3.8) is 0 Å². The Hall–Kier alpha value is -8.53. The molecule has 0 aliphatic carbocycles. The van der Waals surface area contributed by atoms with Crippen LogP contribution in [0.4, 0.5) is 0 Å². The molecule has 11 aromatic carbocycles. The topological polar surface area (TPSA) is 38.7 Å². The van der Waals surface area contributed by atoms with Crippen LogP contribution in [0.25, 0.3) is 122 Å². The fourth-order valence-corrected chi connectivity index (χ4v) is 9.33. The second-order valence-corrected chi connectivity index (χ2v) is 16.4. The van der Waals surface area contributed by atoms with Crippen molar-refractivity contribution in [2.45, 2.75) is 0 Å². The van der Waals surface area contributed by atoms with Crippen molar-refractivity contribution in [3.8, 4) is 78.7 Å². The summed E-state index contributed by atoms with van der Waals surface area (Å²) in [6, 6.07) is 84.3. The number of rotatable bonds is 7. The van der Waals surface area contributed by atoms with Gasteiger partial charge in [0, 0.05) is 16.7 Å². The summed E-state index contributed by atoms with van der Waals surface area (Å²) in [6.45, 7) is 0. The van der Waals surface area contributed by atoms with Gasteiger partial charge in [0.05, 0.1) is 0 Å². The largest absolute Gasteiger partial charge is 0.208 e. The molecule has 0 N–H and O–H groups in total. The maximum atomic E-state index is 5.48. The Balaban J connectivity index is 1.14. The molecule has 298 valence electrons. The minimum atomic E-state index is 0.607. The molecule has 0 fully saturated rings. The zero-order chi connectivity index (χ0) is 42.4. The summed E-state index contributed by atoms with van der Waals surface area (Å²) in [5.41, 5.74) is 11.9. The van der Waals surface area contributed by atoms with Crippen LogP contribution in [0.5, 0.6) is 0 Å². The fraction of sp³-hybridized carbons (Fsp3) is 0. The molecule has 0 atom stereocenters. The average molecular weight is 814 g/mol. The smallest absolute Gasteiger partial charge is 0.164 e. The molecule has 3 nitrogen and oxygen atoms in total. The van der Waals surface area contributed by atoms with Crippen molar-refractivity contribution in [3.05, 3.63) is 237 Å². The molecule has 0 saturated heterocycles. The van der Waals surface area contributed by atoms with Crippen LogP contribution in [0, 0.1) is 0 Å².